The zero-order chi connectivity index (χ0) is 18.5. The molecule has 26 heavy (non-hydrogen) atoms. The Kier molecular flexibility index (Phi) is 4.34. The fourth-order valence-corrected chi connectivity index (χ4v) is 4.00. The van der Waals surface area contributed by atoms with Gasteiger partial charge in [0.25, 0.3) is 0 Å². The Morgan fingerprint density at radius 3 is 2.65 bits per heavy atom. The van der Waals surface area contributed by atoms with E-state index in [0.717, 1.165) is 54.1 Å². The summed E-state index contributed by atoms with van der Waals surface area (Å²) in [5.74, 6) is 1.08. The number of rotatable bonds is 2. The number of anilines is 1. The summed E-state index contributed by atoms with van der Waals surface area (Å²) in [7, 11) is 0. The van der Waals surface area contributed by atoms with Crippen LogP contribution in [0.3, 0.4) is 0 Å². The molecule has 5 nitrogen and oxygen atoms in total. The number of nitrogens with two attached hydrogens (primary N) is 1. The van der Waals surface area contributed by atoms with Gasteiger partial charge in [-0.15, -0.1) is 10.2 Å². The minimum atomic E-state index is -0.0912. The molecule has 136 valence electrons. The van der Waals surface area contributed by atoms with Gasteiger partial charge in [0.2, 0.25) is 0 Å². The van der Waals surface area contributed by atoms with Gasteiger partial charge in [0.1, 0.15) is 12.1 Å². The number of nitrogens with zero attached hydrogens (tertiary/aromatic N) is 4. The molecule has 0 unspecified atom stereocenters. The Morgan fingerprint density at radius 2 is 1.92 bits per heavy atom. The van der Waals surface area contributed by atoms with Gasteiger partial charge in [-0.2, -0.15) is 0 Å². The fourth-order valence-electron chi connectivity index (χ4n) is 3.60. The van der Waals surface area contributed by atoms with Crippen LogP contribution in [0.5, 0.6) is 0 Å². The summed E-state index contributed by atoms with van der Waals surface area (Å²) in [6.07, 6.45) is 3.66. The van der Waals surface area contributed by atoms with Crippen LogP contribution < -0.4 is 10.6 Å². The number of hydrogen-bond acceptors (Lipinski definition) is 4. The van der Waals surface area contributed by atoms with Crippen molar-refractivity contribution in [3.8, 4) is 11.1 Å². The molecule has 0 saturated carbocycles. The monoisotopic (exact) mass is 389 g/mol. The number of fused-ring (bicyclic) bond motifs is 1. The van der Waals surface area contributed by atoms with Gasteiger partial charge < -0.3 is 10.6 Å². The Labute approximate surface area is 162 Å². The zero-order valence-electron chi connectivity index (χ0n) is 14.8. The third kappa shape index (κ3) is 2.94. The summed E-state index contributed by atoms with van der Waals surface area (Å²) in [6, 6.07) is 7.82. The second-order valence-electron chi connectivity index (χ2n) is 7.33. The third-order valence-corrected chi connectivity index (χ3v) is 6.03. The van der Waals surface area contributed by atoms with Crippen LogP contribution in [-0.2, 0) is 0 Å². The smallest absolute Gasteiger partial charge is 0.170 e. The van der Waals surface area contributed by atoms with Crippen molar-refractivity contribution in [1.29, 1.82) is 0 Å². The van der Waals surface area contributed by atoms with E-state index in [2.05, 4.69) is 35.0 Å². The second-order valence-corrected chi connectivity index (χ2v) is 8.11. The molecule has 1 aromatic carbocycles. The SMILES string of the molecule is Cc1cc(N2CCC(C)(N)CC2)n2cnnc2c1-c1cccc(Cl)c1Cl. The number of aromatic nitrogens is 3. The summed E-state index contributed by atoms with van der Waals surface area (Å²) in [4.78, 5) is 2.35. The van der Waals surface area contributed by atoms with Crippen molar-refractivity contribution in [2.45, 2.75) is 32.2 Å². The molecule has 0 atom stereocenters. The highest BCUT2D eigenvalue weighted by Gasteiger charge is 2.28. The van der Waals surface area contributed by atoms with Gasteiger partial charge in [-0.1, -0.05) is 35.3 Å². The lowest BCUT2D eigenvalue weighted by Crippen LogP contribution is -2.48. The highest BCUT2D eigenvalue weighted by molar-refractivity contribution is 6.43. The lowest BCUT2D eigenvalue weighted by Gasteiger charge is -2.38. The van der Waals surface area contributed by atoms with Gasteiger partial charge >= 0.3 is 0 Å². The standard InChI is InChI=1S/C19H21Cl2N5/c1-12-10-15(25-8-6-19(2,22)7-9-25)26-11-23-24-18(26)16(12)13-4-3-5-14(20)17(13)21/h3-5,10-11H,6-9,22H2,1-2H3. The molecule has 0 bridgehead atoms. The maximum absolute atomic E-state index is 6.47. The lowest BCUT2D eigenvalue weighted by molar-refractivity contribution is 0.362. The Bertz CT molecular complexity index is 969. The number of halogens is 2. The van der Waals surface area contributed by atoms with Gasteiger partial charge in [-0.05, 0) is 44.4 Å². The summed E-state index contributed by atoms with van der Waals surface area (Å²) in [5, 5.41) is 9.59. The number of pyridine rings is 1. The average molecular weight is 390 g/mol. The van der Waals surface area contributed by atoms with Crippen LogP contribution in [0, 0.1) is 6.92 Å². The summed E-state index contributed by atoms with van der Waals surface area (Å²) >= 11 is 12.7. The van der Waals surface area contributed by atoms with Crippen molar-refractivity contribution in [3.63, 3.8) is 0 Å². The lowest BCUT2D eigenvalue weighted by atomic mass is 9.91. The normalized spacial score (nSPS) is 17.0. The molecule has 2 N–H and O–H groups in total. The number of piperidine rings is 1. The number of aryl methyl sites for hydroxylation is 1. The maximum Gasteiger partial charge on any atom is 0.170 e. The fraction of sp³-hybridized carbons (Fsp3) is 0.368. The average Bonchev–Trinajstić information content (AvgIpc) is 3.07. The van der Waals surface area contributed by atoms with Crippen molar-refractivity contribution in [1.82, 2.24) is 14.6 Å². The summed E-state index contributed by atoms with van der Waals surface area (Å²) < 4.78 is 2.03. The van der Waals surface area contributed by atoms with Crippen LogP contribution in [0.2, 0.25) is 10.0 Å². The van der Waals surface area contributed by atoms with E-state index in [-0.39, 0.29) is 5.54 Å². The first-order valence-corrected chi connectivity index (χ1v) is 9.44. The first-order valence-electron chi connectivity index (χ1n) is 8.69. The first-order chi connectivity index (χ1) is 12.4. The maximum atomic E-state index is 6.47. The van der Waals surface area contributed by atoms with E-state index >= 15 is 0 Å². The first kappa shape index (κ1) is 17.6. The predicted octanol–water partition coefficient (Wildman–Crippen LogP) is 4.33. The van der Waals surface area contributed by atoms with Crippen LogP contribution in [0.4, 0.5) is 5.82 Å². The van der Waals surface area contributed by atoms with E-state index in [1.54, 1.807) is 12.4 Å². The molecule has 3 aromatic rings. The quantitative estimate of drug-likeness (QED) is 0.708. The molecule has 1 aliphatic rings. The number of benzene rings is 1. The molecule has 0 aliphatic carbocycles. The van der Waals surface area contributed by atoms with E-state index < -0.39 is 0 Å². The van der Waals surface area contributed by atoms with Gasteiger partial charge in [-0.3, -0.25) is 4.40 Å². The number of hydrogen-bond donors (Lipinski definition) is 1. The second kappa shape index (κ2) is 6.41. The van der Waals surface area contributed by atoms with E-state index in [4.69, 9.17) is 28.9 Å². The summed E-state index contributed by atoms with van der Waals surface area (Å²) in [6.45, 7) is 6.02. The van der Waals surface area contributed by atoms with Crippen molar-refractivity contribution in [3.05, 3.63) is 46.2 Å². The van der Waals surface area contributed by atoms with E-state index in [1.807, 2.05) is 16.5 Å². The van der Waals surface area contributed by atoms with Gasteiger partial charge in [0.05, 0.1) is 10.0 Å². The van der Waals surface area contributed by atoms with E-state index in [1.165, 1.54) is 0 Å². The highest BCUT2D eigenvalue weighted by Crippen LogP contribution is 2.39. The predicted molar refractivity (Wildman–Crippen MR) is 107 cm³/mol. The molecule has 0 radical (unpaired) electrons. The van der Waals surface area contributed by atoms with Crippen LogP contribution in [0.1, 0.15) is 25.3 Å². The van der Waals surface area contributed by atoms with Crippen LogP contribution in [-0.4, -0.2) is 33.2 Å². The van der Waals surface area contributed by atoms with Crippen molar-refractivity contribution in [2.24, 2.45) is 5.73 Å². The highest BCUT2D eigenvalue weighted by atomic mass is 35.5. The molecule has 2 aromatic heterocycles. The molecular formula is C19H21Cl2N5. The van der Waals surface area contributed by atoms with Gasteiger partial charge in [-0.25, -0.2) is 0 Å². The molecular weight excluding hydrogens is 369 g/mol. The molecule has 3 heterocycles. The Hall–Kier alpha value is -1.82. The third-order valence-electron chi connectivity index (χ3n) is 5.21. The molecule has 7 heteroatoms. The van der Waals surface area contributed by atoms with E-state index in [9.17, 15) is 0 Å². The minimum Gasteiger partial charge on any atom is -0.358 e. The van der Waals surface area contributed by atoms with Crippen molar-refractivity contribution < 1.29 is 0 Å². The van der Waals surface area contributed by atoms with Crippen molar-refractivity contribution in [2.75, 3.05) is 18.0 Å². The minimum absolute atomic E-state index is 0.0912. The van der Waals surface area contributed by atoms with Crippen LogP contribution in [0.15, 0.2) is 30.6 Å². The van der Waals surface area contributed by atoms with Gasteiger partial charge in [0.15, 0.2) is 5.65 Å². The Balaban J connectivity index is 1.85. The van der Waals surface area contributed by atoms with E-state index in [0.29, 0.717) is 10.0 Å². The largest absolute Gasteiger partial charge is 0.358 e. The molecule has 4 rings (SSSR count). The molecule has 1 aliphatic heterocycles. The van der Waals surface area contributed by atoms with Crippen LogP contribution in [0.25, 0.3) is 16.8 Å². The van der Waals surface area contributed by atoms with Crippen LogP contribution >= 0.6 is 23.2 Å². The summed E-state index contributed by atoms with van der Waals surface area (Å²) in [5.41, 5.74) is 9.89. The molecule has 0 amide bonds. The molecule has 0 spiro atoms. The Morgan fingerprint density at radius 1 is 1.19 bits per heavy atom. The van der Waals surface area contributed by atoms with Crippen molar-refractivity contribution >= 4 is 34.7 Å². The molecule has 1 fully saturated rings. The topological polar surface area (TPSA) is 59.5 Å². The zero-order valence-corrected chi connectivity index (χ0v) is 16.3. The molecule has 1 saturated heterocycles. The van der Waals surface area contributed by atoms with Gasteiger partial charge in [0, 0.05) is 29.8 Å².